The van der Waals surface area contributed by atoms with Gasteiger partial charge in [0, 0.05) is 25.7 Å². The highest BCUT2D eigenvalue weighted by atomic mass is 16.5. The lowest BCUT2D eigenvalue weighted by atomic mass is 10.1. The zero-order chi connectivity index (χ0) is 9.64. The number of nitrogens with one attached hydrogen (secondary N) is 1. The number of rotatable bonds is 1. The minimum atomic E-state index is 0.812. The summed E-state index contributed by atoms with van der Waals surface area (Å²) in [6, 6.07) is 0.812. The third-order valence-corrected chi connectivity index (χ3v) is 3.32. The molecule has 0 amide bonds. The number of hydrogen-bond acceptors (Lipinski definition) is 3. The zero-order valence-corrected chi connectivity index (χ0v) is 9.00. The van der Waals surface area contributed by atoms with E-state index in [1.807, 2.05) is 0 Å². The minimum absolute atomic E-state index is 0.812. The van der Waals surface area contributed by atoms with E-state index < -0.39 is 0 Å². The van der Waals surface area contributed by atoms with Crippen LogP contribution < -0.4 is 5.32 Å². The van der Waals surface area contributed by atoms with Crippen molar-refractivity contribution in [3.63, 3.8) is 0 Å². The van der Waals surface area contributed by atoms with Crippen molar-refractivity contribution >= 4 is 0 Å². The Kier molecular flexibility index (Phi) is 4.22. The highest BCUT2D eigenvalue weighted by Crippen LogP contribution is 2.14. The third-order valence-electron chi connectivity index (χ3n) is 3.32. The van der Waals surface area contributed by atoms with Gasteiger partial charge in [-0.15, -0.1) is 0 Å². The van der Waals surface area contributed by atoms with Gasteiger partial charge in [0.2, 0.25) is 0 Å². The van der Waals surface area contributed by atoms with Crippen LogP contribution in [0.3, 0.4) is 0 Å². The summed E-state index contributed by atoms with van der Waals surface area (Å²) < 4.78 is 5.49. The predicted molar refractivity (Wildman–Crippen MR) is 57.5 cm³/mol. The second-order valence-corrected chi connectivity index (χ2v) is 4.34. The first-order valence-electron chi connectivity index (χ1n) is 5.99. The molecular weight excluding hydrogens is 176 g/mol. The fourth-order valence-electron chi connectivity index (χ4n) is 2.50. The Morgan fingerprint density at radius 1 is 1.00 bits per heavy atom. The predicted octanol–water partition coefficient (Wildman–Crippen LogP) is 0.851. The van der Waals surface area contributed by atoms with E-state index in [1.54, 1.807) is 0 Å². The van der Waals surface area contributed by atoms with Crippen molar-refractivity contribution in [3.05, 3.63) is 0 Å². The molecule has 0 aliphatic carbocycles. The maximum absolute atomic E-state index is 5.49. The largest absolute Gasteiger partial charge is 0.380 e. The van der Waals surface area contributed by atoms with Gasteiger partial charge in [0.15, 0.2) is 0 Å². The van der Waals surface area contributed by atoms with Crippen LogP contribution in [0.15, 0.2) is 0 Å². The first kappa shape index (κ1) is 10.4. The molecule has 0 aromatic heterocycles. The smallest absolute Gasteiger partial charge is 0.0593 e. The molecule has 14 heavy (non-hydrogen) atoms. The number of hydrogen-bond donors (Lipinski definition) is 1. The van der Waals surface area contributed by atoms with Crippen LogP contribution in [0, 0.1) is 0 Å². The van der Waals surface area contributed by atoms with Crippen molar-refractivity contribution < 1.29 is 4.74 Å². The molecule has 0 bridgehead atoms. The van der Waals surface area contributed by atoms with Crippen LogP contribution >= 0.6 is 0 Å². The molecule has 0 spiro atoms. The maximum atomic E-state index is 5.49. The molecule has 1 unspecified atom stereocenters. The fraction of sp³-hybridized carbons (Fsp3) is 1.00. The first-order valence-corrected chi connectivity index (χ1v) is 5.99. The van der Waals surface area contributed by atoms with Gasteiger partial charge in [0.25, 0.3) is 0 Å². The van der Waals surface area contributed by atoms with Gasteiger partial charge in [-0.1, -0.05) is 0 Å². The molecule has 2 fully saturated rings. The van der Waals surface area contributed by atoms with Gasteiger partial charge in [-0.2, -0.15) is 0 Å². The second-order valence-electron chi connectivity index (χ2n) is 4.34. The molecule has 2 aliphatic rings. The molecule has 3 nitrogen and oxygen atoms in total. The molecule has 2 heterocycles. The SMILES string of the molecule is C1CNCCC(N2CCCOCC2)C1. The molecule has 0 saturated carbocycles. The molecule has 0 aromatic rings. The van der Waals surface area contributed by atoms with Crippen molar-refractivity contribution in [3.8, 4) is 0 Å². The Balaban J connectivity index is 1.83. The quantitative estimate of drug-likeness (QED) is 0.676. The Labute approximate surface area is 86.8 Å². The number of ether oxygens (including phenoxy) is 1. The average Bonchev–Trinajstić information content (AvgIpc) is 2.62. The first-order chi connectivity index (χ1) is 6.97. The van der Waals surface area contributed by atoms with Crippen LogP contribution in [-0.4, -0.2) is 50.3 Å². The van der Waals surface area contributed by atoms with Crippen molar-refractivity contribution in [2.24, 2.45) is 0 Å². The summed E-state index contributed by atoms with van der Waals surface area (Å²) in [5.41, 5.74) is 0. The lowest BCUT2D eigenvalue weighted by Gasteiger charge is -2.28. The van der Waals surface area contributed by atoms with E-state index in [4.69, 9.17) is 4.74 Å². The van der Waals surface area contributed by atoms with Gasteiger partial charge in [-0.05, 0) is 38.8 Å². The highest BCUT2D eigenvalue weighted by Gasteiger charge is 2.20. The van der Waals surface area contributed by atoms with Crippen LogP contribution in [0.1, 0.15) is 25.7 Å². The van der Waals surface area contributed by atoms with Crippen molar-refractivity contribution in [2.75, 3.05) is 39.4 Å². The third kappa shape index (κ3) is 2.94. The molecule has 1 N–H and O–H groups in total. The molecular formula is C11H22N2O. The fourth-order valence-corrected chi connectivity index (χ4v) is 2.50. The molecule has 82 valence electrons. The van der Waals surface area contributed by atoms with E-state index in [0.29, 0.717) is 0 Å². The molecule has 2 rings (SSSR count). The van der Waals surface area contributed by atoms with Crippen LogP contribution in [0.2, 0.25) is 0 Å². The minimum Gasteiger partial charge on any atom is -0.380 e. The Morgan fingerprint density at radius 2 is 2.00 bits per heavy atom. The summed E-state index contributed by atoms with van der Waals surface area (Å²) in [5.74, 6) is 0. The van der Waals surface area contributed by atoms with Gasteiger partial charge in [-0.3, -0.25) is 4.90 Å². The van der Waals surface area contributed by atoms with Crippen LogP contribution in [0.4, 0.5) is 0 Å². The van der Waals surface area contributed by atoms with E-state index in [0.717, 1.165) is 25.8 Å². The van der Waals surface area contributed by atoms with Gasteiger partial charge in [0.05, 0.1) is 6.61 Å². The van der Waals surface area contributed by atoms with E-state index in [1.165, 1.54) is 45.3 Å². The standard InChI is InChI=1S/C11H22N2O/c1-3-11(4-6-12-5-1)13-7-2-9-14-10-8-13/h11-12H,1-10H2. The van der Waals surface area contributed by atoms with Crippen molar-refractivity contribution in [1.29, 1.82) is 0 Å². The summed E-state index contributed by atoms with van der Waals surface area (Å²) >= 11 is 0. The second kappa shape index (κ2) is 5.69. The van der Waals surface area contributed by atoms with Gasteiger partial charge >= 0.3 is 0 Å². The Bertz CT molecular complexity index is 129. The molecule has 3 heteroatoms. The van der Waals surface area contributed by atoms with Crippen molar-refractivity contribution in [2.45, 2.75) is 31.7 Å². The van der Waals surface area contributed by atoms with E-state index in [-0.39, 0.29) is 0 Å². The molecule has 2 aliphatic heterocycles. The summed E-state index contributed by atoms with van der Waals surface area (Å²) in [7, 11) is 0. The Morgan fingerprint density at radius 3 is 3.00 bits per heavy atom. The van der Waals surface area contributed by atoms with Crippen LogP contribution in [0.5, 0.6) is 0 Å². The maximum Gasteiger partial charge on any atom is 0.0593 e. The van der Waals surface area contributed by atoms with Gasteiger partial charge in [0.1, 0.15) is 0 Å². The van der Waals surface area contributed by atoms with Gasteiger partial charge in [-0.25, -0.2) is 0 Å². The highest BCUT2D eigenvalue weighted by molar-refractivity contribution is 4.77. The molecule has 1 atom stereocenters. The van der Waals surface area contributed by atoms with E-state index in [2.05, 4.69) is 10.2 Å². The lowest BCUT2D eigenvalue weighted by Crippen LogP contribution is -2.37. The summed E-state index contributed by atoms with van der Waals surface area (Å²) in [6.07, 6.45) is 5.24. The Hall–Kier alpha value is -0.120. The van der Waals surface area contributed by atoms with E-state index >= 15 is 0 Å². The number of nitrogens with zero attached hydrogens (tertiary/aromatic N) is 1. The summed E-state index contributed by atoms with van der Waals surface area (Å²) in [6.45, 7) is 6.68. The summed E-state index contributed by atoms with van der Waals surface area (Å²) in [4.78, 5) is 2.64. The van der Waals surface area contributed by atoms with Crippen LogP contribution in [-0.2, 0) is 4.74 Å². The van der Waals surface area contributed by atoms with Gasteiger partial charge < -0.3 is 10.1 Å². The van der Waals surface area contributed by atoms with Crippen LogP contribution in [0.25, 0.3) is 0 Å². The molecule has 0 radical (unpaired) electrons. The lowest BCUT2D eigenvalue weighted by molar-refractivity contribution is 0.128. The molecule has 2 saturated heterocycles. The van der Waals surface area contributed by atoms with E-state index in [9.17, 15) is 0 Å². The monoisotopic (exact) mass is 198 g/mol. The molecule has 0 aromatic carbocycles. The van der Waals surface area contributed by atoms with Crippen molar-refractivity contribution in [1.82, 2.24) is 10.2 Å². The normalized spacial score (nSPS) is 32.1. The average molecular weight is 198 g/mol. The topological polar surface area (TPSA) is 24.5 Å². The summed E-state index contributed by atoms with van der Waals surface area (Å²) in [5, 5.41) is 3.47. The zero-order valence-electron chi connectivity index (χ0n) is 9.00.